The lowest BCUT2D eigenvalue weighted by molar-refractivity contribution is 0.139. The zero-order valence-corrected chi connectivity index (χ0v) is 16.2. The highest BCUT2D eigenvalue weighted by Crippen LogP contribution is 2.21. The van der Waals surface area contributed by atoms with Crippen molar-refractivity contribution in [1.82, 2.24) is 14.9 Å². The van der Waals surface area contributed by atoms with Crippen molar-refractivity contribution in [2.45, 2.75) is 33.4 Å². The molecule has 3 aromatic rings. The average Bonchev–Trinajstić information content (AvgIpc) is 2.99. The third-order valence-electron chi connectivity index (χ3n) is 4.41. The van der Waals surface area contributed by atoms with Gasteiger partial charge in [0.1, 0.15) is 5.82 Å². The molecule has 0 amide bonds. The van der Waals surface area contributed by atoms with Gasteiger partial charge in [-0.15, -0.1) is 0 Å². The predicted molar refractivity (Wildman–Crippen MR) is 108 cm³/mol. The Morgan fingerprint density at radius 2 is 1.85 bits per heavy atom. The van der Waals surface area contributed by atoms with Gasteiger partial charge in [-0.3, -0.25) is 0 Å². The van der Waals surface area contributed by atoms with Gasteiger partial charge >= 0.3 is 0 Å². The number of nitrogens with one attached hydrogen (secondary N) is 1. The predicted octanol–water partition coefficient (Wildman–Crippen LogP) is 4.43. The highest BCUT2D eigenvalue weighted by Gasteiger charge is 2.11. The van der Waals surface area contributed by atoms with Crippen LogP contribution >= 0.6 is 11.6 Å². The molecule has 0 fully saturated rings. The molecule has 0 saturated carbocycles. The summed E-state index contributed by atoms with van der Waals surface area (Å²) in [6.07, 6.45) is 0.881. The molecule has 3 rings (SSSR count). The first-order valence-electron chi connectivity index (χ1n) is 9.22. The summed E-state index contributed by atoms with van der Waals surface area (Å²) in [5.74, 6) is 1.06. The SMILES string of the molecule is CCNCc1nc2ccc(Cc3ccc(Cl)cc3)cc2n1CCOCC. The van der Waals surface area contributed by atoms with Crippen molar-refractivity contribution in [2.75, 3.05) is 19.8 Å². The second-order valence-electron chi connectivity index (χ2n) is 6.28. The largest absolute Gasteiger partial charge is 0.380 e. The molecule has 0 saturated heterocycles. The van der Waals surface area contributed by atoms with E-state index in [1.165, 1.54) is 16.6 Å². The highest BCUT2D eigenvalue weighted by atomic mass is 35.5. The number of imidazole rings is 1. The number of aromatic nitrogens is 2. The Balaban J connectivity index is 1.89. The molecule has 0 atom stereocenters. The van der Waals surface area contributed by atoms with Crippen molar-refractivity contribution in [2.24, 2.45) is 0 Å². The minimum absolute atomic E-state index is 0.697. The van der Waals surface area contributed by atoms with Crippen LogP contribution in [0, 0.1) is 0 Å². The molecule has 1 aromatic heterocycles. The molecule has 0 aliphatic rings. The summed E-state index contributed by atoms with van der Waals surface area (Å²) in [5, 5.41) is 4.15. The molecule has 2 aromatic carbocycles. The van der Waals surface area contributed by atoms with Crippen molar-refractivity contribution < 1.29 is 4.74 Å². The van der Waals surface area contributed by atoms with E-state index >= 15 is 0 Å². The first-order chi connectivity index (χ1) is 12.7. The maximum atomic E-state index is 5.99. The number of halogens is 1. The third kappa shape index (κ3) is 4.64. The van der Waals surface area contributed by atoms with Crippen LogP contribution < -0.4 is 5.32 Å². The summed E-state index contributed by atoms with van der Waals surface area (Å²) in [5.41, 5.74) is 4.73. The van der Waals surface area contributed by atoms with Crippen molar-refractivity contribution in [3.8, 4) is 0 Å². The van der Waals surface area contributed by atoms with Crippen LogP contribution in [0.3, 0.4) is 0 Å². The molecule has 0 unspecified atom stereocenters. The van der Waals surface area contributed by atoms with Crippen LogP contribution in [0.1, 0.15) is 30.8 Å². The smallest absolute Gasteiger partial charge is 0.123 e. The van der Waals surface area contributed by atoms with E-state index < -0.39 is 0 Å². The summed E-state index contributed by atoms with van der Waals surface area (Å²) in [6, 6.07) is 14.6. The van der Waals surface area contributed by atoms with Crippen molar-refractivity contribution in [1.29, 1.82) is 0 Å². The molecular formula is C21H26ClN3O. The fourth-order valence-corrected chi connectivity index (χ4v) is 3.21. The summed E-state index contributed by atoms with van der Waals surface area (Å²) in [4.78, 5) is 4.82. The quantitative estimate of drug-likeness (QED) is 0.566. The Kier molecular flexibility index (Phi) is 6.67. The molecule has 1 heterocycles. The number of benzene rings is 2. The number of rotatable bonds is 9. The summed E-state index contributed by atoms with van der Waals surface area (Å²) in [7, 11) is 0. The first kappa shape index (κ1) is 18.9. The van der Waals surface area contributed by atoms with Gasteiger partial charge in [-0.05, 0) is 55.3 Å². The van der Waals surface area contributed by atoms with E-state index in [-0.39, 0.29) is 0 Å². The lowest BCUT2D eigenvalue weighted by Crippen LogP contribution is -2.17. The summed E-state index contributed by atoms with van der Waals surface area (Å²) < 4.78 is 7.85. The molecule has 5 heteroatoms. The molecule has 0 spiro atoms. The van der Waals surface area contributed by atoms with E-state index in [1.54, 1.807) is 0 Å². The number of nitrogens with zero attached hydrogens (tertiary/aromatic N) is 2. The van der Waals surface area contributed by atoms with Gasteiger partial charge in [-0.1, -0.05) is 36.7 Å². The van der Waals surface area contributed by atoms with Crippen molar-refractivity contribution >= 4 is 22.6 Å². The standard InChI is InChI=1S/C21H26ClN3O/c1-3-23-15-21-24-19-10-7-17(13-16-5-8-18(22)9-6-16)14-20(19)25(21)11-12-26-4-2/h5-10,14,23H,3-4,11-13,15H2,1-2H3. The zero-order valence-electron chi connectivity index (χ0n) is 15.5. The monoisotopic (exact) mass is 371 g/mol. The topological polar surface area (TPSA) is 39.1 Å². The maximum absolute atomic E-state index is 5.99. The van der Waals surface area contributed by atoms with Gasteiger partial charge in [0, 0.05) is 18.2 Å². The minimum Gasteiger partial charge on any atom is -0.380 e. The van der Waals surface area contributed by atoms with Gasteiger partial charge in [0.15, 0.2) is 0 Å². The van der Waals surface area contributed by atoms with E-state index in [0.717, 1.165) is 49.0 Å². The van der Waals surface area contributed by atoms with Crippen LogP contribution in [-0.4, -0.2) is 29.3 Å². The molecule has 0 bridgehead atoms. The first-order valence-corrected chi connectivity index (χ1v) is 9.60. The number of hydrogen-bond acceptors (Lipinski definition) is 3. The zero-order chi connectivity index (χ0) is 18.4. The fourth-order valence-electron chi connectivity index (χ4n) is 3.09. The van der Waals surface area contributed by atoms with Crippen molar-refractivity contribution in [3.63, 3.8) is 0 Å². The van der Waals surface area contributed by atoms with Gasteiger partial charge in [-0.25, -0.2) is 4.98 Å². The molecule has 4 nitrogen and oxygen atoms in total. The Bertz CT molecular complexity index is 842. The average molecular weight is 372 g/mol. The summed E-state index contributed by atoms with van der Waals surface area (Å²) in [6.45, 7) is 8.07. The van der Waals surface area contributed by atoms with Crippen LogP contribution in [0.15, 0.2) is 42.5 Å². The van der Waals surface area contributed by atoms with Crippen molar-refractivity contribution in [3.05, 3.63) is 64.4 Å². The minimum atomic E-state index is 0.697. The van der Waals surface area contributed by atoms with Crippen LogP contribution in [0.2, 0.25) is 5.02 Å². The van der Waals surface area contributed by atoms with E-state index in [0.29, 0.717) is 6.61 Å². The van der Waals surface area contributed by atoms with E-state index in [2.05, 4.69) is 47.1 Å². The number of ether oxygens (including phenoxy) is 1. The number of fused-ring (bicyclic) bond motifs is 1. The second kappa shape index (κ2) is 9.17. The van der Waals surface area contributed by atoms with Gasteiger partial charge in [0.25, 0.3) is 0 Å². The van der Waals surface area contributed by atoms with Crippen LogP contribution in [0.25, 0.3) is 11.0 Å². The lowest BCUT2D eigenvalue weighted by Gasteiger charge is -2.10. The fraction of sp³-hybridized carbons (Fsp3) is 0.381. The molecule has 0 aliphatic heterocycles. The summed E-state index contributed by atoms with van der Waals surface area (Å²) >= 11 is 5.99. The van der Waals surface area contributed by atoms with E-state index in [9.17, 15) is 0 Å². The Morgan fingerprint density at radius 3 is 2.58 bits per heavy atom. The lowest BCUT2D eigenvalue weighted by atomic mass is 10.0. The van der Waals surface area contributed by atoms with Crippen LogP contribution in [-0.2, 0) is 24.2 Å². The Hall–Kier alpha value is -1.88. The molecule has 1 N–H and O–H groups in total. The third-order valence-corrected chi connectivity index (χ3v) is 4.66. The molecule has 0 aliphatic carbocycles. The molecule has 26 heavy (non-hydrogen) atoms. The molecular weight excluding hydrogens is 346 g/mol. The van der Waals surface area contributed by atoms with Crippen LogP contribution in [0.4, 0.5) is 0 Å². The van der Waals surface area contributed by atoms with Gasteiger partial charge in [-0.2, -0.15) is 0 Å². The molecule has 0 radical (unpaired) electrons. The Labute approximate surface area is 160 Å². The van der Waals surface area contributed by atoms with E-state index in [1.807, 2.05) is 19.1 Å². The maximum Gasteiger partial charge on any atom is 0.123 e. The van der Waals surface area contributed by atoms with Crippen LogP contribution in [0.5, 0.6) is 0 Å². The van der Waals surface area contributed by atoms with E-state index in [4.69, 9.17) is 21.3 Å². The van der Waals surface area contributed by atoms with Gasteiger partial charge < -0.3 is 14.6 Å². The van der Waals surface area contributed by atoms with Gasteiger partial charge in [0.2, 0.25) is 0 Å². The highest BCUT2D eigenvalue weighted by molar-refractivity contribution is 6.30. The molecule has 138 valence electrons. The van der Waals surface area contributed by atoms with Gasteiger partial charge in [0.05, 0.1) is 24.2 Å². The Morgan fingerprint density at radius 1 is 1.08 bits per heavy atom. The number of hydrogen-bond donors (Lipinski definition) is 1. The normalized spacial score (nSPS) is 11.3. The second-order valence-corrected chi connectivity index (χ2v) is 6.72.